The molecule has 5 heteroatoms. The number of hydrogen-bond donors (Lipinski definition) is 2. The Morgan fingerprint density at radius 1 is 1.37 bits per heavy atom. The predicted octanol–water partition coefficient (Wildman–Crippen LogP) is 0.809. The number of carbonyl (C=O) groups excluding carboxylic acids is 1. The van der Waals surface area contributed by atoms with Crippen LogP contribution in [0.4, 0.5) is 0 Å². The lowest BCUT2D eigenvalue weighted by Gasteiger charge is -2.10. The summed E-state index contributed by atoms with van der Waals surface area (Å²) in [5.41, 5.74) is 0.694. The summed E-state index contributed by atoms with van der Waals surface area (Å²) in [6, 6.07) is 11.0. The van der Waals surface area contributed by atoms with Crippen molar-refractivity contribution in [1.29, 1.82) is 5.26 Å². The summed E-state index contributed by atoms with van der Waals surface area (Å²) in [5, 5.41) is 20.3. The largest absolute Gasteiger partial charge is 0.394 e. The molecule has 0 saturated heterocycles. The van der Waals surface area contributed by atoms with Gasteiger partial charge in [-0.3, -0.25) is 4.79 Å². The van der Waals surface area contributed by atoms with Gasteiger partial charge in [0.1, 0.15) is 5.92 Å². The van der Waals surface area contributed by atoms with Crippen LogP contribution < -0.4 is 5.32 Å². The Kier molecular flexibility index (Phi) is 7.25. The zero-order chi connectivity index (χ0) is 13.9. The standard InChI is InChI=1S/C14H18N2O3/c15-11-13(12-5-2-1-3-6-12)14(18)16-7-4-9-19-10-8-17/h1-3,5-6,13,17H,4,7-10H2,(H,16,18). The summed E-state index contributed by atoms with van der Waals surface area (Å²) in [6.07, 6.45) is 0.651. The maximum Gasteiger partial charge on any atom is 0.241 e. The Morgan fingerprint density at radius 3 is 2.74 bits per heavy atom. The zero-order valence-electron chi connectivity index (χ0n) is 10.7. The summed E-state index contributed by atoms with van der Waals surface area (Å²) in [7, 11) is 0. The second-order valence-corrected chi connectivity index (χ2v) is 3.95. The maximum absolute atomic E-state index is 11.8. The molecule has 1 aromatic rings. The molecule has 0 aromatic heterocycles. The first-order valence-corrected chi connectivity index (χ1v) is 6.20. The molecule has 0 fully saturated rings. The fourth-order valence-electron chi connectivity index (χ4n) is 1.58. The van der Waals surface area contributed by atoms with E-state index in [1.54, 1.807) is 24.3 Å². The molecule has 19 heavy (non-hydrogen) atoms. The van der Waals surface area contributed by atoms with E-state index >= 15 is 0 Å². The molecule has 2 N–H and O–H groups in total. The van der Waals surface area contributed by atoms with Crippen LogP contribution in [0.15, 0.2) is 30.3 Å². The third-order valence-electron chi connectivity index (χ3n) is 2.52. The van der Waals surface area contributed by atoms with Crippen LogP contribution in [-0.2, 0) is 9.53 Å². The van der Waals surface area contributed by atoms with Gasteiger partial charge in [-0.25, -0.2) is 0 Å². The molecule has 0 radical (unpaired) electrons. The second kappa shape index (κ2) is 9.09. The number of carbonyl (C=O) groups is 1. The van der Waals surface area contributed by atoms with Gasteiger partial charge in [-0.05, 0) is 12.0 Å². The normalized spacial score (nSPS) is 11.6. The van der Waals surface area contributed by atoms with Crippen molar-refractivity contribution in [2.24, 2.45) is 0 Å². The molecule has 0 spiro atoms. The Balaban J connectivity index is 2.34. The molecule has 0 aliphatic rings. The predicted molar refractivity (Wildman–Crippen MR) is 70.3 cm³/mol. The van der Waals surface area contributed by atoms with Gasteiger partial charge in [0.15, 0.2) is 0 Å². The lowest BCUT2D eigenvalue weighted by Crippen LogP contribution is -2.30. The summed E-state index contributed by atoms with van der Waals surface area (Å²) in [6.45, 7) is 1.23. The molecule has 0 aliphatic carbocycles. The second-order valence-electron chi connectivity index (χ2n) is 3.95. The number of benzene rings is 1. The van der Waals surface area contributed by atoms with E-state index in [1.165, 1.54) is 0 Å². The lowest BCUT2D eigenvalue weighted by molar-refractivity contribution is -0.121. The van der Waals surface area contributed by atoms with Crippen LogP contribution in [0.2, 0.25) is 0 Å². The van der Waals surface area contributed by atoms with E-state index in [1.807, 2.05) is 12.1 Å². The highest BCUT2D eigenvalue weighted by molar-refractivity contribution is 5.86. The molecule has 1 unspecified atom stereocenters. The van der Waals surface area contributed by atoms with Gasteiger partial charge in [0.25, 0.3) is 0 Å². The summed E-state index contributed by atoms with van der Waals surface area (Å²) < 4.78 is 5.07. The maximum atomic E-state index is 11.8. The average molecular weight is 262 g/mol. The van der Waals surface area contributed by atoms with Crippen LogP contribution in [0, 0.1) is 11.3 Å². The fraction of sp³-hybridized carbons (Fsp3) is 0.429. The highest BCUT2D eigenvalue weighted by Gasteiger charge is 2.18. The van der Waals surface area contributed by atoms with E-state index in [9.17, 15) is 4.79 Å². The van der Waals surface area contributed by atoms with E-state index < -0.39 is 5.92 Å². The first-order chi connectivity index (χ1) is 9.29. The van der Waals surface area contributed by atoms with Gasteiger partial charge in [0.05, 0.1) is 19.3 Å². The highest BCUT2D eigenvalue weighted by atomic mass is 16.5. The minimum absolute atomic E-state index is 0.00310. The molecule has 0 saturated carbocycles. The first-order valence-electron chi connectivity index (χ1n) is 6.20. The molecule has 102 valence electrons. The zero-order valence-corrected chi connectivity index (χ0v) is 10.7. The number of hydrogen-bond acceptors (Lipinski definition) is 4. The van der Waals surface area contributed by atoms with Crippen LogP contribution in [0.3, 0.4) is 0 Å². The molecular weight excluding hydrogens is 244 g/mol. The number of nitriles is 1. The third kappa shape index (κ3) is 5.51. The molecule has 1 rings (SSSR count). The van der Waals surface area contributed by atoms with E-state index in [4.69, 9.17) is 15.1 Å². The molecule has 0 aliphatic heterocycles. The van der Waals surface area contributed by atoms with Gasteiger partial charge in [0.2, 0.25) is 5.91 Å². The number of ether oxygens (including phenoxy) is 1. The minimum Gasteiger partial charge on any atom is -0.394 e. The van der Waals surface area contributed by atoms with Crippen molar-refractivity contribution in [2.75, 3.05) is 26.4 Å². The number of nitrogens with zero attached hydrogens (tertiary/aromatic N) is 1. The van der Waals surface area contributed by atoms with Crippen LogP contribution in [0.5, 0.6) is 0 Å². The van der Waals surface area contributed by atoms with Crippen molar-refractivity contribution in [2.45, 2.75) is 12.3 Å². The van der Waals surface area contributed by atoms with Crippen molar-refractivity contribution < 1.29 is 14.6 Å². The van der Waals surface area contributed by atoms with Gasteiger partial charge >= 0.3 is 0 Å². The summed E-state index contributed by atoms with van der Waals surface area (Å²) >= 11 is 0. The van der Waals surface area contributed by atoms with Gasteiger partial charge in [-0.2, -0.15) is 5.26 Å². The minimum atomic E-state index is -0.778. The van der Waals surface area contributed by atoms with Crippen molar-refractivity contribution in [3.05, 3.63) is 35.9 Å². The van der Waals surface area contributed by atoms with E-state index in [-0.39, 0.29) is 12.5 Å². The average Bonchev–Trinajstić information content (AvgIpc) is 2.45. The van der Waals surface area contributed by atoms with E-state index in [0.29, 0.717) is 31.7 Å². The summed E-state index contributed by atoms with van der Waals surface area (Å²) in [5.74, 6) is -1.07. The van der Waals surface area contributed by atoms with E-state index in [0.717, 1.165) is 0 Å². The van der Waals surface area contributed by atoms with Crippen LogP contribution >= 0.6 is 0 Å². The number of rotatable bonds is 8. The van der Waals surface area contributed by atoms with E-state index in [2.05, 4.69) is 5.32 Å². The molecule has 1 atom stereocenters. The Hall–Kier alpha value is -1.90. The van der Waals surface area contributed by atoms with Crippen molar-refractivity contribution in [3.8, 4) is 6.07 Å². The van der Waals surface area contributed by atoms with Gasteiger partial charge in [-0.1, -0.05) is 30.3 Å². The van der Waals surface area contributed by atoms with Crippen molar-refractivity contribution >= 4 is 5.91 Å². The molecule has 5 nitrogen and oxygen atoms in total. The number of aliphatic hydroxyl groups excluding tert-OH is 1. The molecule has 0 bridgehead atoms. The van der Waals surface area contributed by atoms with Crippen molar-refractivity contribution in [1.82, 2.24) is 5.32 Å². The molecular formula is C14H18N2O3. The SMILES string of the molecule is N#CC(C(=O)NCCCOCCO)c1ccccc1. The molecule has 0 heterocycles. The van der Waals surface area contributed by atoms with Crippen LogP contribution in [0.1, 0.15) is 17.9 Å². The third-order valence-corrected chi connectivity index (χ3v) is 2.52. The fourth-order valence-corrected chi connectivity index (χ4v) is 1.58. The molecule has 1 aromatic carbocycles. The Labute approximate surface area is 112 Å². The number of amides is 1. The summed E-state index contributed by atoms with van der Waals surface area (Å²) in [4.78, 5) is 11.8. The lowest BCUT2D eigenvalue weighted by atomic mass is 10.00. The number of aliphatic hydroxyl groups is 1. The van der Waals surface area contributed by atoms with Crippen molar-refractivity contribution in [3.63, 3.8) is 0 Å². The Morgan fingerprint density at radius 2 is 2.11 bits per heavy atom. The van der Waals surface area contributed by atoms with Gasteiger partial charge in [0, 0.05) is 13.2 Å². The van der Waals surface area contributed by atoms with Crippen LogP contribution in [0.25, 0.3) is 0 Å². The van der Waals surface area contributed by atoms with Gasteiger partial charge in [-0.15, -0.1) is 0 Å². The number of nitrogens with one attached hydrogen (secondary N) is 1. The topological polar surface area (TPSA) is 82.4 Å². The monoisotopic (exact) mass is 262 g/mol. The quantitative estimate of drug-likeness (QED) is 0.679. The smallest absolute Gasteiger partial charge is 0.241 e. The van der Waals surface area contributed by atoms with Gasteiger partial charge < -0.3 is 15.2 Å². The first kappa shape index (κ1) is 15.2. The highest BCUT2D eigenvalue weighted by Crippen LogP contribution is 2.14. The Bertz CT molecular complexity index is 414. The molecule has 1 amide bonds. The van der Waals surface area contributed by atoms with Crippen LogP contribution in [-0.4, -0.2) is 37.4 Å².